The van der Waals surface area contributed by atoms with Gasteiger partial charge < -0.3 is 0 Å². The Labute approximate surface area is 102 Å². The van der Waals surface area contributed by atoms with E-state index in [2.05, 4.69) is 17.9 Å². The van der Waals surface area contributed by atoms with Crippen LogP contribution in [0.5, 0.6) is 0 Å². The summed E-state index contributed by atoms with van der Waals surface area (Å²) >= 11 is 0. The van der Waals surface area contributed by atoms with Crippen LogP contribution in [0.1, 0.15) is 77.0 Å². The average Bonchev–Trinajstić information content (AvgIpc) is 2.29. The Morgan fingerprint density at radius 1 is 0.625 bits per heavy atom. The number of hydrogen-bond donors (Lipinski definition) is 0. The standard InChI is InChI=1S/C16H26/c1-2-4-6-8-10-12-14-16-15-13-11-9-7-5-3-1/h1-2H,3,5,7-16H2. The van der Waals surface area contributed by atoms with Gasteiger partial charge in [0.25, 0.3) is 0 Å². The largest absolute Gasteiger partial charge is 0.0985 e. The Balaban J connectivity index is 2.18. The van der Waals surface area contributed by atoms with Gasteiger partial charge in [-0.05, 0) is 25.3 Å². The van der Waals surface area contributed by atoms with Gasteiger partial charge in [0.1, 0.15) is 0 Å². The van der Waals surface area contributed by atoms with E-state index in [9.17, 15) is 0 Å². The van der Waals surface area contributed by atoms with Crippen LogP contribution in [-0.2, 0) is 0 Å². The third-order valence-corrected chi connectivity index (χ3v) is 3.23. The van der Waals surface area contributed by atoms with Crippen LogP contribution in [-0.4, -0.2) is 0 Å². The fraction of sp³-hybridized carbons (Fsp3) is 0.750. The van der Waals surface area contributed by atoms with Gasteiger partial charge in [-0.1, -0.05) is 69.3 Å². The average molecular weight is 218 g/mol. The van der Waals surface area contributed by atoms with Crippen LogP contribution in [0.2, 0.25) is 0 Å². The van der Waals surface area contributed by atoms with Crippen molar-refractivity contribution in [2.75, 3.05) is 0 Å². The quantitative estimate of drug-likeness (QED) is 0.488. The highest BCUT2D eigenvalue weighted by Crippen LogP contribution is 2.12. The topological polar surface area (TPSA) is 0 Å². The summed E-state index contributed by atoms with van der Waals surface area (Å²) in [6.07, 6.45) is 20.6. The van der Waals surface area contributed by atoms with Crippen LogP contribution in [0.4, 0.5) is 0 Å². The van der Waals surface area contributed by atoms with Gasteiger partial charge in [0.2, 0.25) is 0 Å². The molecule has 0 amide bonds. The van der Waals surface area contributed by atoms with Gasteiger partial charge in [0.15, 0.2) is 0 Å². The minimum Gasteiger partial charge on any atom is -0.0985 e. The minimum atomic E-state index is 1.09. The molecule has 0 aliphatic heterocycles. The van der Waals surface area contributed by atoms with Crippen molar-refractivity contribution < 1.29 is 0 Å². The van der Waals surface area contributed by atoms with E-state index in [1.807, 2.05) is 6.08 Å². The molecule has 90 valence electrons. The van der Waals surface area contributed by atoms with E-state index >= 15 is 0 Å². The molecule has 1 aliphatic rings. The van der Waals surface area contributed by atoms with Crippen molar-refractivity contribution in [1.82, 2.24) is 0 Å². The SMILES string of the molecule is C1#CCCCCCCCCCCCCC=C1. The molecule has 0 aromatic carbocycles. The molecule has 0 saturated carbocycles. The molecule has 1 rings (SSSR count). The van der Waals surface area contributed by atoms with E-state index in [1.54, 1.807) is 0 Å². The predicted molar refractivity (Wildman–Crippen MR) is 72.3 cm³/mol. The van der Waals surface area contributed by atoms with Crippen LogP contribution in [0, 0.1) is 11.8 Å². The van der Waals surface area contributed by atoms with Gasteiger partial charge in [-0.2, -0.15) is 0 Å². The van der Waals surface area contributed by atoms with Gasteiger partial charge in [-0.15, -0.1) is 0 Å². The van der Waals surface area contributed by atoms with Crippen molar-refractivity contribution in [2.24, 2.45) is 0 Å². The van der Waals surface area contributed by atoms with E-state index < -0.39 is 0 Å². The van der Waals surface area contributed by atoms with Gasteiger partial charge in [-0.3, -0.25) is 0 Å². The molecule has 0 bridgehead atoms. The molecule has 0 heterocycles. The van der Waals surface area contributed by atoms with Crippen LogP contribution in [0.25, 0.3) is 0 Å². The molecule has 0 fully saturated rings. The van der Waals surface area contributed by atoms with E-state index in [1.165, 1.54) is 70.6 Å². The second-order valence-electron chi connectivity index (χ2n) is 4.80. The first-order chi connectivity index (χ1) is 8.00. The third-order valence-electron chi connectivity index (χ3n) is 3.23. The monoisotopic (exact) mass is 218 g/mol. The number of allylic oxidation sites excluding steroid dienone is 2. The first kappa shape index (κ1) is 13.4. The molecule has 16 heavy (non-hydrogen) atoms. The van der Waals surface area contributed by atoms with E-state index in [0.29, 0.717) is 0 Å². The van der Waals surface area contributed by atoms with Crippen molar-refractivity contribution in [3.05, 3.63) is 12.2 Å². The molecule has 0 atom stereocenters. The molecular formula is C16H26. The highest BCUT2D eigenvalue weighted by molar-refractivity contribution is 5.14. The van der Waals surface area contributed by atoms with Gasteiger partial charge in [-0.25, -0.2) is 0 Å². The van der Waals surface area contributed by atoms with Gasteiger partial charge >= 0.3 is 0 Å². The molecule has 0 aromatic rings. The number of rotatable bonds is 0. The molecule has 0 N–H and O–H groups in total. The van der Waals surface area contributed by atoms with Gasteiger partial charge in [0.05, 0.1) is 0 Å². The van der Waals surface area contributed by atoms with E-state index in [0.717, 1.165) is 6.42 Å². The maximum absolute atomic E-state index is 3.23. The Bertz CT molecular complexity index is 226. The number of hydrogen-bond acceptors (Lipinski definition) is 0. The molecular weight excluding hydrogens is 192 g/mol. The van der Waals surface area contributed by atoms with E-state index in [-0.39, 0.29) is 0 Å². The van der Waals surface area contributed by atoms with Crippen molar-refractivity contribution in [1.29, 1.82) is 0 Å². The predicted octanol–water partition coefficient (Wildman–Crippen LogP) is 5.24. The Kier molecular flexibility index (Phi) is 9.03. The van der Waals surface area contributed by atoms with Crippen molar-refractivity contribution in [3.63, 3.8) is 0 Å². The van der Waals surface area contributed by atoms with Crippen molar-refractivity contribution >= 4 is 0 Å². The Morgan fingerprint density at radius 3 is 1.88 bits per heavy atom. The Hall–Kier alpha value is -0.700. The normalized spacial score (nSPS) is 21.0. The zero-order valence-electron chi connectivity index (χ0n) is 10.6. The molecule has 0 heteroatoms. The lowest BCUT2D eigenvalue weighted by Crippen LogP contribution is -1.82. The molecule has 0 spiro atoms. The summed E-state index contributed by atoms with van der Waals surface area (Å²) in [4.78, 5) is 0. The van der Waals surface area contributed by atoms with Crippen LogP contribution < -0.4 is 0 Å². The summed E-state index contributed by atoms with van der Waals surface area (Å²) in [6, 6.07) is 0. The lowest BCUT2D eigenvalue weighted by atomic mass is 10.0. The lowest BCUT2D eigenvalue weighted by molar-refractivity contribution is 0.554. The van der Waals surface area contributed by atoms with Crippen LogP contribution >= 0.6 is 0 Å². The third kappa shape index (κ3) is 8.60. The fourth-order valence-corrected chi connectivity index (χ4v) is 2.16. The highest BCUT2D eigenvalue weighted by Gasteiger charge is 1.92. The summed E-state index contributed by atoms with van der Waals surface area (Å²) in [5, 5.41) is 0. The molecule has 0 aromatic heterocycles. The maximum Gasteiger partial charge on any atom is 0.00922 e. The Morgan fingerprint density at radius 2 is 1.19 bits per heavy atom. The molecule has 1 aliphatic carbocycles. The first-order valence-electron chi connectivity index (χ1n) is 7.13. The maximum atomic E-state index is 3.23. The minimum absolute atomic E-state index is 1.09. The molecule has 0 saturated heterocycles. The second-order valence-corrected chi connectivity index (χ2v) is 4.80. The summed E-state index contributed by atoms with van der Waals surface area (Å²) < 4.78 is 0. The summed E-state index contributed by atoms with van der Waals surface area (Å²) in [7, 11) is 0. The van der Waals surface area contributed by atoms with E-state index in [4.69, 9.17) is 0 Å². The van der Waals surface area contributed by atoms with Gasteiger partial charge in [0, 0.05) is 6.42 Å². The summed E-state index contributed by atoms with van der Waals surface area (Å²) in [5.74, 6) is 6.37. The zero-order chi connectivity index (χ0) is 11.3. The van der Waals surface area contributed by atoms with Crippen LogP contribution in [0.3, 0.4) is 0 Å². The lowest BCUT2D eigenvalue weighted by Gasteiger charge is -2.01. The smallest absolute Gasteiger partial charge is 0.00922 e. The molecule has 0 unspecified atom stereocenters. The van der Waals surface area contributed by atoms with Crippen LogP contribution in [0.15, 0.2) is 12.2 Å². The highest BCUT2D eigenvalue weighted by atomic mass is 14.0. The zero-order valence-corrected chi connectivity index (χ0v) is 10.6. The summed E-state index contributed by atoms with van der Waals surface area (Å²) in [6.45, 7) is 0. The van der Waals surface area contributed by atoms with Crippen molar-refractivity contribution in [2.45, 2.75) is 77.0 Å². The fourth-order valence-electron chi connectivity index (χ4n) is 2.16. The molecule has 0 radical (unpaired) electrons. The summed E-state index contributed by atoms with van der Waals surface area (Å²) in [5.41, 5.74) is 0. The molecule has 0 nitrogen and oxygen atoms in total. The second kappa shape index (κ2) is 10.8. The first-order valence-corrected chi connectivity index (χ1v) is 7.13. The van der Waals surface area contributed by atoms with Crippen molar-refractivity contribution in [3.8, 4) is 11.8 Å².